The summed E-state index contributed by atoms with van der Waals surface area (Å²) in [6.07, 6.45) is 5.37. The SMILES string of the molecule is Cc1ccc(C(=O)N2CCCC3(CCCN3Cc3cccc(F)c3)CC2)o1. The smallest absolute Gasteiger partial charge is 0.289 e. The number of rotatable bonds is 3. The van der Waals surface area contributed by atoms with E-state index in [1.807, 2.05) is 24.0 Å². The molecule has 0 bridgehead atoms. The van der Waals surface area contributed by atoms with Gasteiger partial charge in [0.15, 0.2) is 5.76 Å². The standard InChI is InChI=1S/C22H27FN2O2/c1-17-7-8-20(27-17)21(26)24-12-3-9-22(11-14-24)10-4-13-25(22)16-18-5-2-6-19(23)15-18/h2,5-8,15H,3-4,9-14,16H2,1H3. The summed E-state index contributed by atoms with van der Waals surface area (Å²) in [5.74, 6) is 1.02. The van der Waals surface area contributed by atoms with Crippen LogP contribution in [0.3, 0.4) is 0 Å². The van der Waals surface area contributed by atoms with E-state index < -0.39 is 0 Å². The summed E-state index contributed by atoms with van der Waals surface area (Å²) in [5.41, 5.74) is 1.15. The summed E-state index contributed by atoms with van der Waals surface area (Å²) in [5, 5.41) is 0. The van der Waals surface area contributed by atoms with E-state index in [1.54, 1.807) is 18.2 Å². The first kappa shape index (κ1) is 18.2. The predicted molar refractivity (Wildman–Crippen MR) is 102 cm³/mol. The third kappa shape index (κ3) is 3.79. The Morgan fingerprint density at radius 2 is 1.93 bits per heavy atom. The number of furan rings is 1. The van der Waals surface area contributed by atoms with Crippen molar-refractivity contribution in [2.45, 2.75) is 51.1 Å². The number of carbonyl (C=O) groups excluding carboxylic acids is 1. The molecule has 1 spiro atoms. The Balaban J connectivity index is 1.46. The second kappa shape index (κ2) is 7.47. The van der Waals surface area contributed by atoms with E-state index >= 15 is 0 Å². The normalized spacial score (nSPS) is 23.7. The molecule has 1 unspecified atom stereocenters. The molecule has 0 N–H and O–H groups in total. The average molecular weight is 370 g/mol. The van der Waals surface area contributed by atoms with E-state index in [4.69, 9.17) is 4.42 Å². The van der Waals surface area contributed by atoms with Crippen molar-refractivity contribution in [3.8, 4) is 0 Å². The number of amides is 1. The van der Waals surface area contributed by atoms with Gasteiger partial charge in [0, 0.05) is 25.2 Å². The summed E-state index contributed by atoms with van der Waals surface area (Å²) < 4.78 is 19.1. The van der Waals surface area contributed by atoms with Crippen LogP contribution in [0.15, 0.2) is 40.8 Å². The minimum absolute atomic E-state index is 0.00479. The summed E-state index contributed by atoms with van der Waals surface area (Å²) in [6, 6.07) is 10.5. The second-order valence-corrected chi connectivity index (χ2v) is 7.94. The molecule has 0 radical (unpaired) electrons. The Morgan fingerprint density at radius 1 is 1.11 bits per heavy atom. The van der Waals surface area contributed by atoms with E-state index in [0.29, 0.717) is 5.76 Å². The van der Waals surface area contributed by atoms with Crippen molar-refractivity contribution in [2.75, 3.05) is 19.6 Å². The van der Waals surface area contributed by atoms with Crippen LogP contribution >= 0.6 is 0 Å². The molecule has 1 atom stereocenters. The lowest BCUT2D eigenvalue weighted by atomic mass is 9.87. The fourth-order valence-electron chi connectivity index (χ4n) is 4.75. The zero-order chi connectivity index (χ0) is 18.9. The Hall–Kier alpha value is -2.14. The number of hydrogen-bond donors (Lipinski definition) is 0. The lowest BCUT2D eigenvalue weighted by Gasteiger charge is -2.38. The Kier molecular flexibility index (Phi) is 5.04. The molecule has 2 aliphatic heterocycles. The predicted octanol–water partition coefficient (Wildman–Crippen LogP) is 4.39. The molecule has 0 aliphatic carbocycles. The Labute approximate surface area is 159 Å². The van der Waals surface area contributed by atoms with Gasteiger partial charge >= 0.3 is 0 Å². The molecular weight excluding hydrogens is 343 g/mol. The minimum Gasteiger partial charge on any atom is -0.456 e. The minimum atomic E-state index is -0.174. The highest BCUT2D eigenvalue weighted by molar-refractivity contribution is 5.91. The monoisotopic (exact) mass is 370 g/mol. The lowest BCUT2D eigenvalue weighted by molar-refractivity contribution is 0.0706. The van der Waals surface area contributed by atoms with Crippen molar-refractivity contribution in [3.63, 3.8) is 0 Å². The van der Waals surface area contributed by atoms with Crippen LogP contribution in [0.4, 0.5) is 4.39 Å². The maximum atomic E-state index is 13.6. The molecule has 2 aliphatic rings. The fraction of sp³-hybridized carbons (Fsp3) is 0.500. The van der Waals surface area contributed by atoms with Crippen molar-refractivity contribution >= 4 is 5.91 Å². The molecular formula is C22H27FN2O2. The van der Waals surface area contributed by atoms with E-state index in [1.165, 1.54) is 12.5 Å². The van der Waals surface area contributed by atoms with E-state index in [2.05, 4.69) is 4.90 Å². The van der Waals surface area contributed by atoms with Crippen LogP contribution in [0.2, 0.25) is 0 Å². The summed E-state index contributed by atoms with van der Waals surface area (Å²) in [6.45, 7) is 5.20. The average Bonchev–Trinajstić information content (AvgIpc) is 3.17. The maximum absolute atomic E-state index is 13.6. The summed E-state index contributed by atoms with van der Waals surface area (Å²) in [7, 11) is 0. The number of halogens is 1. The van der Waals surface area contributed by atoms with Gasteiger partial charge in [0.2, 0.25) is 0 Å². The van der Waals surface area contributed by atoms with Crippen LogP contribution < -0.4 is 0 Å². The number of carbonyl (C=O) groups is 1. The van der Waals surface area contributed by atoms with Crippen LogP contribution in [0, 0.1) is 12.7 Å². The zero-order valence-electron chi connectivity index (χ0n) is 15.9. The summed E-state index contributed by atoms with van der Waals surface area (Å²) >= 11 is 0. The quantitative estimate of drug-likeness (QED) is 0.804. The van der Waals surface area contributed by atoms with E-state index in [-0.39, 0.29) is 17.3 Å². The van der Waals surface area contributed by atoms with Crippen molar-refractivity contribution in [1.82, 2.24) is 9.80 Å². The molecule has 4 rings (SSSR count). The van der Waals surface area contributed by atoms with Gasteiger partial charge in [-0.3, -0.25) is 9.69 Å². The van der Waals surface area contributed by atoms with Crippen LogP contribution in [0.1, 0.15) is 54.0 Å². The molecule has 2 fully saturated rings. The Morgan fingerprint density at radius 3 is 2.67 bits per heavy atom. The first-order valence-corrected chi connectivity index (χ1v) is 9.91. The third-order valence-corrected chi connectivity index (χ3v) is 6.16. The van der Waals surface area contributed by atoms with Gasteiger partial charge < -0.3 is 9.32 Å². The van der Waals surface area contributed by atoms with Crippen molar-refractivity contribution in [2.24, 2.45) is 0 Å². The Bertz CT molecular complexity index is 818. The highest BCUT2D eigenvalue weighted by atomic mass is 19.1. The van der Waals surface area contributed by atoms with Gasteiger partial charge in [0.05, 0.1) is 0 Å². The number of likely N-dealkylation sites (tertiary alicyclic amines) is 2. The molecule has 27 heavy (non-hydrogen) atoms. The molecule has 2 saturated heterocycles. The van der Waals surface area contributed by atoms with Crippen LogP contribution in [0.25, 0.3) is 0 Å². The van der Waals surface area contributed by atoms with Gasteiger partial charge in [0.25, 0.3) is 5.91 Å². The lowest BCUT2D eigenvalue weighted by Crippen LogP contribution is -2.44. The van der Waals surface area contributed by atoms with Gasteiger partial charge in [-0.1, -0.05) is 12.1 Å². The van der Waals surface area contributed by atoms with Crippen LogP contribution in [0.5, 0.6) is 0 Å². The molecule has 5 heteroatoms. The first-order valence-electron chi connectivity index (χ1n) is 9.91. The molecule has 4 nitrogen and oxygen atoms in total. The molecule has 2 aromatic rings. The maximum Gasteiger partial charge on any atom is 0.289 e. The van der Waals surface area contributed by atoms with Gasteiger partial charge in [-0.15, -0.1) is 0 Å². The first-order chi connectivity index (χ1) is 13.1. The highest BCUT2D eigenvalue weighted by Gasteiger charge is 2.42. The van der Waals surface area contributed by atoms with Gasteiger partial charge in [-0.25, -0.2) is 4.39 Å². The van der Waals surface area contributed by atoms with Crippen molar-refractivity contribution < 1.29 is 13.6 Å². The molecule has 1 amide bonds. The third-order valence-electron chi connectivity index (χ3n) is 6.16. The highest BCUT2D eigenvalue weighted by Crippen LogP contribution is 2.39. The molecule has 144 valence electrons. The van der Waals surface area contributed by atoms with Gasteiger partial charge in [-0.05, 0) is 75.4 Å². The molecule has 0 saturated carbocycles. The van der Waals surface area contributed by atoms with Gasteiger partial charge in [0.1, 0.15) is 11.6 Å². The molecule has 3 heterocycles. The summed E-state index contributed by atoms with van der Waals surface area (Å²) in [4.78, 5) is 17.2. The van der Waals surface area contributed by atoms with E-state index in [0.717, 1.165) is 63.2 Å². The van der Waals surface area contributed by atoms with Crippen LogP contribution in [-0.2, 0) is 6.54 Å². The van der Waals surface area contributed by atoms with Crippen molar-refractivity contribution in [3.05, 3.63) is 59.3 Å². The topological polar surface area (TPSA) is 36.7 Å². The number of aryl methyl sites for hydroxylation is 1. The fourth-order valence-corrected chi connectivity index (χ4v) is 4.75. The van der Waals surface area contributed by atoms with E-state index in [9.17, 15) is 9.18 Å². The number of nitrogens with zero attached hydrogens (tertiary/aromatic N) is 2. The van der Waals surface area contributed by atoms with Crippen molar-refractivity contribution in [1.29, 1.82) is 0 Å². The van der Waals surface area contributed by atoms with Crippen LogP contribution in [-0.4, -0.2) is 40.9 Å². The zero-order valence-corrected chi connectivity index (χ0v) is 15.9. The van der Waals surface area contributed by atoms with Gasteiger partial charge in [-0.2, -0.15) is 0 Å². The molecule has 1 aromatic heterocycles. The second-order valence-electron chi connectivity index (χ2n) is 7.94. The largest absolute Gasteiger partial charge is 0.456 e. The number of hydrogen-bond acceptors (Lipinski definition) is 3. The number of benzene rings is 1. The molecule has 1 aromatic carbocycles.